The van der Waals surface area contributed by atoms with Crippen LogP contribution < -0.4 is 5.32 Å². The molecule has 0 aromatic heterocycles. The van der Waals surface area contributed by atoms with Crippen LogP contribution in [0.4, 0.5) is 0 Å². The molecule has 0 spiro atoms. The van der Waals surface area contributed by atoms with Crippen LogP contribution in [0.3, 0.4) is 0 Å². The number of hydrogen-bond donors (Lipinski definition) is 1. The first kappa shape index (κ1) is 14.4. The van der Waals surface area contributed by atoms with Crippen LogP contribution in [-0.2, 0) is 9.59 Å². The minimum atomic E-state index is -0.320. The third-order valence-corrected chi connectivity index (χ3v) is 4.75. The Morgan fingerprint density at radius 1 is 1.16 bits per heavy atom. The molecule has 0 bridgehead atoms. The first-order valence-corrected chi connectivity index (χ1v) is 7.68. The molecule has 1 saturated carbocycles. The average Bonchev–Trinajstić information content (AvgIpc) is 2.60. The Hall–Kier alpha value is -1.06. The molecule has 1 N–H and O–H groups in total. The van der Waals surface area contributed by atoms with Gasteiger partial charge in [0.05, 0.1) is 0 Å². The predicted octanol–water partition coefficient (Wildman–Crippen LogP) is 2.08. The third kappa shape index (κ3) is 2.77. The normalized spacial score (nSPS) is 36.9. The van der Waals surface area contributed by atoms with Gasteiger partial charge in [-0.25, -0.2) is 0 Å². The second kappa shape index (κ2) is 5.93. The standard InChI is InChI=1S/C15H26N2O2/c1-4-12-15(19)17(11(3)14(18)16-12)13-9-7-5-6-8-10(13)2/h10-13H,4-9H2,1-3H3,(H,16,18). The van der Waals surface area contributed by atoms with E-state index in [1.54, 1.807) is 0 Å². The molecular formula is C15H26N2O2. The maximum atomic E-state index is 12.6. The molecular weight excluding hydrogens is 240 g/mol. The molecule has 0 aromatic carbocycles. The molecule has 108 valence electrons. The van der Waals surface area contributed by atoms with Crippen LogP contribution >= 0.6 is 0 Å². The Labute approximate surface area is 115 Å². The monoisotopic (exact) mass is 266 g/mol. The van der Waals surface area contributed by atoms with Gasteiger partial charge in [0.1, 0.15) is 12.1 Å². The van der Waals surface area contributed by atoms with Crippen molar-refractivity contribution >= 4 is 11.8 Å². The summed E-state index contributed by atoms with van der Waals surface area (Å²) >= 11 is 0. The molecule has 1 saturated heterocycles. The molecule has 1 aliphatic heterocycles. The minimum absolute atomic E-state index is 0.00268. The molecule has 2 aliphatic rings. The summed E-state index contributed by atoms with van der Waals surface area (Å²) in [5.74, 6) is 0.619. The summed E-state index contributed by atoms with van der Waals surface area (Å²) < 4.78 is 0. The lowest BCUT2D eigenvalue weighted by atomic mass is 9.92. The highest BCUT2D eigenvalue weighted by atomic mass is 16.2. The van der Waals surface area contributed by atoms with Gasteiger partial charge in [0, 0.05) is 6.04 Å². The van der Waals surface area contributed by atoms with Gasteiger partial charge in [-0.15, -0.1) is 0 Å². The van der Waals surface area contributed by atoms with E-state index in [1.165, 1.54) is 25.7 Å². The number of rotatable bonds is 2. The molecule has 19 heavy (non-hydrogen) atoms. The molecule has 0 aromatic rings. The van der Waals surface area contributed by atoms with Gasteiger partial charge >= 0.3 is 0 Å². The third-order valence-electron chi connectivity index (χ3n) is 4.75. The van der Waals surface area contributed by atoms with Crippen LogP contribution in [-0.4, -0.2) is 34.8 Å². The molecule has 1 aliphatic carbocycles. The van der Waals surface area contributed by atoms with Crippen molar-refractivity contribution in [1.82, 2.24) is 10.2 Å². The number of amides is 2. The second-order valence-electron chi connectivity index (χ2n) is 6.07. The Morgan fingerprint density at radius 3 is 2.53 bits per heavy atom. The summed E-state index contributed by atoms with van der Waals surface area (Å²) in [7, 11) is 0. The van der Waals surface area contributed by atoms with Crippen molar-refractivity contribution in [3.8, 4) is 0 Å². The van der Waals surface area contributed by atoms with Crippen molar-refractivity contribution in [3.05, 3.63) is 0 Å². The average molecular weight is 266 g/mol. The number of carbonyl (C=O) groups is 2. The fourth-order valence-corrected chi connectivity index (χ4v) is 3.47. The molecule has 0 radical (unpaired) electrons. The summed E-state index contributed by atoms with van der Waals surface area (Å²) in [6.07, 6.45) is 6.55. The van der Waals surface area contributed by atoms with E-state index in [9.17, 15) is 9.59 Å². The van der Waals surface area contributed by atoms with E-state index < -0.39 is 0 Å². The van der Waals surface area contributed by atoms with Crippen molar-refractivity contribution in [3.63, 3.8) is 0 Å². The Kier molecular flexibility index (Phi) is 4.48. The zero-order chi connectivity index (χ0) is 14.0. The number of nitrogens with one attached hydrogen (secondary N) is 1. The Balaban J connectivity index is 2.22. The van der Waals surface area contributed by atoms with Crippen LogP contribution in [0, 0.1) is 5.92 Å². The summed E-state index contributed by atoms with van der Waals surface area (Å²) in [4.78, 5) is 26.5. The van der Waals surface area contributed by atoms with Crippen LogP contribution in [0.1, 0.15) is 59.3 Å². The molecule has 1 heterocycles. The van der Waals surface area contributed by atoms with Crippen molar-refractivity contribution < 1.29 is 9.59 Å². The number of hydrogen-bond acceptors (Lipinski definition) is 2. The first-order valence-electron chi connectivity index (χ1n) is 7.68. The predicted molar refractivity (Wildman–Crippen MR) is 74.6 cm³/mol. The fraction of sp³-hybridized carbons (Fsp3) is 0.867. The Bertz CT molecular complexity index is 356. The zero-order valence-electron chi connectivity index (χ0n) is 12.3. The fourth-order valence-electron chi connectivity index (χ4n) is 3.47. The summed E-state index contributed by atoms with van der Waals surface area (Å²) in [5.41, 5.74) is 0. The molecule has 4 heteroatoms. The highest BCUT2D eigenvalue weighted by Crippen LogP contribution is 2.30. The van der Waals surface area contributed by atoms with E-state index >= 15 is 0 Å². The summed E-state index contributed by atoms with van der Waals surface area (Å²) in [5, 5.41) is 2.83. The van der Waals surface area contributed by atoms with E-state index in [0.717, 1.165) is 6.42 Å². The minimum Gasteiger partial charge on any atom is -0.343 e. The first-order chi connectivity index (χ1) is 9.06. The van der Waals surface area contributed by atoms with Crippen molar-refractivity contribution in [2.24, 2.45) is 5.92 Å². The van der Waals surface area contributed by atoms with Gasteiger partial charge in [0.2, 0.25) is 11.8 Å². The van der Waals surface area contributed by atoms with Gasteiger partial charge in [-0.2, -0.15) is 0 Å². The van der Waals surface area contributed by atoms with E-state index in [-0.39, 0.29) is 29.9 Å². The van der Waals surface area contributed by atoms with Gasteiger partial charge in [0.15, 0.2) is 0 Å². The molecule has 2 fully saturated rings. The van der Waals surface area contributed by atoms with Gasteiger partial charge in [0.25, 0.3) is 0 Å². The maximum absolute atomic E-state index is 12.6. The van der Waals surface area contributed by atoms with Crippen LogP contribution in [0.25, 0.3) is 0 Å². The van der Waals surface area contributed by atoms with Gasteiger partial charge < -0.3 is 10.2 Å². The highest BCUT2D eigenvalue weighted by molar-refractivity contribution is 5.96. The zero-order valence-corrected chi connectivity index (χ0v) is 12.3. The summed E-state index contributed by atoms with van der Waals surface area (Å²) in [6.45, 7) is 6.04. The SMILES string of the molecule is CCC1NC(=O)C(C)N(C2CCCCCC2C)C1=O. The van der Waals surface area contributed by atoms with Crippen molar-refractivity contribution in [1.29, 1.82) is 0 Å². The summed E-state index contributed by atoms with van der Waals surface area (Å²) in [6, 6.07) is -0.398. The van der Waals surface area contributed by atoms with E-state index in [4.69, 9.17) is 0 Å². The van der Waals surface area contributed by atoms with E-state index in [1.807, 2.05) is 18.7 Å². The number of carbonyl (C=O) groups excluding carboxylic acids is 2. The van der Waals surface area contributed by atoms with Gasteiger partial charge in [-0.05, 0) is 32.1 Å². The van der Waals surface area contributed by atoms with Crippen LogP contribution in [0.2, 0.25) is 0 Å². The largest absolute Gasteiger partial charge is 0.343 e. The molecule has 4 unspecified atom stereocenters. The van der Waals surface area contributed by atoms with Crippen LogP contribution in [0.15, 0.2) is 0 Å². The number of piperazine rings is 1. The topological polar surface area (TPSA) is 49.4 Å². The number of nitrogens with zero attached hydrogens (tertiary/aromatic N) is 1. The van der Waals surface area contributed by atoms with Crippen molar-refractivity contribution in [2.45, 2.75) is 77.4 Å². The quantitative estimate of drug-likeness (QED) is 0.778. The second-order valence-corrected chi connectivity index (χ2v) is 6.07. The molecule has 2 rings (SSSR count). The van der Waals surface area contributed by atoms with Crippen LogP contribution in [0.5, 0.6) is 0 Å². The highest BCUT2D eigenvalue weighted by Gasteiger charge is 2.42. The lowest BCUT2D eigenvalue weighted by Crippen LogP contribution is -2.65. The molecule has 2 amide bonds. The van der Waals surface area contributed by atoms with E-state index in [2.05, 4.69) is 12.2 Å². The smallest absolute Gasteiger partial charge is 0.246 e. The Morgan fingerprint density at radius 2 is 1.84 bits per heavy atom. The van der Waals surface area contributed by atoms with Gasteiger partial charge in [-0.3, -0.25) is 9.59 Å². The van der Waals surface area contributed by atoms with Gasteiger partial charge in [-0.1, -0.05) is 33.1 Å². The lowest BCUT2D eigenvalue weighted by molar-refractivity contribution is -0.152. The van der Waals surface area contributed by atoms with E-state index in [0.29, 0.717) is 12.3 Å². The van der Waals surface area contributed by atoms with Crippen molar-refractivity contribution in [2.75, 3.05) is 0 Å². The maximum Gasteiger partial charge on any atom is 0.246 e. The lowest BCUT2D eigenvalue weighted by Gasteiger charge is -2.43. The molecule has 4 atom stereocenters. The molecule has 4 nitrogen and oxygen atoms in total.